The fourth-order valence-corrected chi connectivity index (χ4v) is 1.50. The van der Waals surface area contributed by atoms with Crippen LogP contribution in [0.3, 0.4) is 0 Å². The lowest BCUT2D eigenvalue weighted by molar-refractivity contribution is -0.142. The van der Waals surface area contributed by atoms with Crippen LogP contribution in [0.5, 0.6) is 11.5 Å². The van der Waals surface area contributed by atoms with Crippen LogP contribution >= 0.6 is 0 Å². The highest BCUT2D eigenvalue weighted by atomic mass is 19.3. The molecule has 0 fully saturated rings. The normalized spacial score (nSPS) is 10.4. The molecule has 106 valence electrons. The van der Waals surface area contributed by atoms with Crippen molar-refractivity contribution >= 4 is 5.97 Å². The Morgan fingerprint density at radius 3 is 2.42 bits per heavy atom. The minimum absolute atomic E-state index is 0.0838. The number of alkyl halides is 2. The summed E-state index contributed by atoms with van der Waals surface area (Å²) in [7, 11) is 2.61. The van der Waals surface area contributed by atoms with Crippen LogP contribution in [-0.4, -0.2) is 31.8 Å². The monoisotopic (exact) mass is 275 g/mol. The van der Waals surface area contributed by atoms with E-state index in [0.29, 0.717) is 0 Å². The average molecular weight is 275 g/mol. The van der Waals surface area contributed by atoms with Gasteiger partial charge in [-0.2, -0.15) is 0 Å². The third-order valence-electron chi connectivity index (χ3n) is 2.32. The van der Waals surface area contributed by atoms with Crippen molar-refractivity contribution in [3.8, 4) is 11.5 Å². The summed E-state index contributed by atoms with van der Waals surface area (Å²) in [5, 5.41) is 0. The van der Waals surface area contributed by atoms with Crippen molar-refractivity contribution in [3.05, 3.63) is 17.5 Å². The average Bonchev–Trinajstić information content (AvgIpc) is 2.38. The van der Waals surface area contributed by atoms with Gasteiger partial charge in [0.1, 0.15) is 17.2 Å². The molecule has 1 rings (SSSR count). The number of ether oxygens (including phenoxy) is 3. The largest absolute Gasteiger partial charge is 0.495 e. The van der Waals surface area contributed by atoms with Crippen molar-refractivity contribution < 1.29 is 27.8 Å². The fraction of sp³-hybridized carbons (Fsp3) is 0.500. The van der Waals surface area contributed by atoms with E-state index in [4.69, 9.17) is 14.2 Å². The van der Waals surface area contributed by atoms with Gasteiger partial charge in [0, 0.05) is 6.07 Å². The Labute approximate surface area is 109 Å². The summed E-state index contributed by atoms with van der Waals surface area (Å²) >= 11 is 0. The number of halogens is 2. The van der Waals surface area contributed by atoms with E-state index >= 15 is 0 Å². The second-order valence-electron chi connectivity index (χ2n) is 3.51. The summed E-state index contributed by atoms with van der Waals surface area (Å²) in [6.07, 6.45) is -3.04. The molecule has 0 N–H and O–H groups in total. The molecular formula is C12H15F2NO4. The van der Waals surface area contributed by atoms with Gasteiger partial charge >= 0.3 is 5.97 Å². The molecule has 0 saturated carbocycles. The van der Waals surface area contributed by atoms with E-state index in [1.54, 1.807) is 6.92 Å². The molecule has 0 aliphatic carbocycles. The number of nitrogens with zero attached hydrogens (tertiary/aromatic N) is 1. The number of methoxy groups -OCH3 is 2. The molecule has 0 radical (unpaired) electrons. The van der Waals surface area contributed by atoms with Gasteiger partial charge in [-0.15, -0.1) is 0 Å². The zero-order chi connectivity index (χ0) is 14.4. The highest BCUT2D eigenvalue weighted by Crippen LogP contribution is 2.32. The number of hydrogen-bond acceptors (Lipinski definition) is 5. The highest BCUT2D eigenvalue weighted by molar-refractivity contribution is 5.73. The quantitative estimate of drug-likeness (QED) is 0.744. The Morgan fingerprint density at radius 2 is 1.95 bits per heavy atom. The summed E-state index contributed by atoms with van der Waals surface area (Å²) in [5.41, 5.74) is -0.431. The minimum Gasteiger partial charge on any atom is -0.495 e. The molecule has 0 aromatic carbocycles. The van der Waals surface area contributed by atoms with Gasteiger partial charge in [0.05, 0.1) is 32.9 Å². The molecule has 0 spiro atoms. The minimum atomic E-state index is -2.80. The number of rotatable bonds is 6. The van der Waals surface area contributed by atoms with Crippen molar-refractivity contribution in [1.82, 2.24) is 4.98 Å². The van der Waals surface area contributed by atoms with Gasteiger partial charge < -0.3 is 14.2 Å². The molecule has 0 unspecified atom stereocenters. The summed E-state index contributed by atoms with van der Waals surface area (Å²) in [6.45, 7) is 1.86. The third-order valence-corrected chi connectivity index (χ3v) is 2.32. The van der Waals surface area contributed by atoms with Crippen LogP contribution < -0.4 is 9.47 Å². The second kappa shape index (κ2) is 6.86. The molecule has 1 heterocycles. The van der Waals surface area contributed by atoms with E-state index in [1.165, 1.54) is 20.3 Å². The van der Waals surface area contributed by atoms with E-state index in [1.807, 2.05) is 0 Å². The lowest BCUT2D eigenvalue weighted by atomic mass is 10.2. The lowest BCUT2D eigenvalue weighted by Crippen LogP contribution is -2.11. The zero-order valence-corrected chi connectivity index (χ0v) is 10.9. The first kappa shape index (κ1) is 15.1. The highest BCUT2D eigenvalue weighted by Gasteiger charge is 2.21. The van der Waals surface area contributed by atoms with Crippen LogP contribution in [0.15, 0.2) is 6.07 Å². The third kappa shape index (κ3) is 3.77. The van der Waals surface area contributed by atoms with Crippen LogP contribution in [0.1, 0.15) is 24.7 Å². The predicted octanol–water partition coefficient (Wildman–Crippen LogP) is 2.14. The van der Waals surface area contributed by atoms with E-state index in [0.717, 1.165) is 0 Å². The van der Waals surface area contributed by atoms with Gasteiger partial charge in [-0.3, -0.25) is 4.79 Å². The van der Waals surface area contributed by atoms with Crippen molar-refractivity contribution in [2.75, 3.05) is 20.8 Å². The number of carbonyl (C=O) groups excluding carboxylic acids is 1. The van der Waals surface area contributed by atoms with Crippen LogP contribution in [0.25, 0.3) is 0 Å². The van der Waals surface area contributed by atoms with Gasteiger partial charge in [0.25, 0.3) is 6.43 Å². The fourth-order valence-electron chi connectivity index (χ4n) is 1.50. The first-order chi connectivity index (χ1) is 9.03. The molecule has 5 nitrogen and oxygen atoms in total. The Morgan fingerprint density at radius 1 is 1.32 bits per heavy atom. The molecule has 19 heavy (non-hydrogen) atoms. The van der Waals surface area contributed by atoms with Crippen molar-refractivity contribution in [1.29, 1.82) is 0 Å². The SMILES string of the molecule is CCOC(=O)Cc1nc(C(F)F)c(OC)cc1OC. The molecular weight excluding hydrogens is 260 g/mol. The predicted molar refractivity (Wildman–Crippen MR) is 62.6 cm³/mol. The van der Waals surface area contributed by atoms with Gasteiger partial charge in [-0.05, 0) is 6.92 Å². The number of aromatic nitrogens is 1. The molecule has 0 aliphatic rings. The summed E-state index contributed by atoms with van der Waals surface area (Å²) in [6, 6.07) is 1.28. The van der Waals surface area contributed by atoms with Crippen molar-refractivity contribution in [2.45, 2.75) is 19.8 Å². The van der Waals surface area contributed by atoms with Crippen LogP contribution in [0, 0.1) is 0 Å². The molecule has 0 aliphatic heterocycles. The molecule has 1 aromatic rings. The van der Waals surface area contributed by atoms with E-state index in [9.17, 15) is 13.6 Å². The Bertz CT molecular complexity index is 452. The van der Waals surface area contributed by atoms with Crippen molar-refractivity contribution in [2.24, 2.45) is 0 Å². The number of pyridine rings is 1. The maximum atomic E-state index is 12.8. The molecule has 7 heteroatoms. The van der Waals surface area contributed by atoms with Gasteiger partial charge in [0.15, 0.2) is 0 Å². The van der Waals surface area contributed by atoms with E-state index in [2.05, 4.69) is 4.98 Å². The first-order valence-corrected chi connectivity index (χ1v) is 5.59. The smallest absolute Gasteiger partial charge is 0.312 e. The summed E-state index contributed by atoms with van der Waals surface area (Å²) in [5.74, 6) is -0.438. The molecule has 0 atom stereocenters. The van der Waals surface area contributed by atoms with Crippen LogP contribution in [0.4, 0.5) is 8.78 Å². The Kier molecular flexibility index (Phi) is 5.47. The van der Waals surface area contributed by atoms with Crippen LogP contribution in [-0.2, 0) is 16.0 Å². The first-order valence-electron chi connectivity index (χ1n) is 5.59. The van der Waals surface area contributed by atoms with E-state index < -0.39 is 18.1 Å². The van der Waals surface area contributed by atoms with E-state index in [-0.39, 0.29) is 30.2 Å². The van der Waals surface area contributed by atoms with Gasteiger partial charge in [0.2, 0.25) is 0 Å². The maximum Gasteiger partial charge on any atom is 0.312 e. The van der Waals surface area contributed by atoms with Crippen LogP contribution in [0.2, 0.25) is 0 Å². The Hall–Kier alpha value is -1.92. The van der Waals surface area contributed by atoms with Gasteiger partial charge in [-0.1, -0.05) is 0 Å². The topological polar surface area (TPSA) is 57.7 Å². The molecule has 1 aromatic heterocycles. The number of carbonyl (C=O) groups is 1. The summed E-state index contributed by atoms with van der Waals surface area (Å²) < 4.78 is 40.2. The summed E-state index contributed by atoms with van der Waals surface area (Å²) in [4.78, 5) is 15.1. The van der Waals surface area contributed by atoms with Gasteiger partial charge in [-0.25, -0.2) is 13.8 Å². The number of esters is 1. The maximum absolute atomic E-state index is 12.8. The Balaban J connectivity index is 3.14. The molecule has 0 bridgehead atoms. The lowest BCUT2D eigenvalue weighted by Gasteiger charge is -2.13. The van der Waals surface area contributed by atoms with Crippen molar-refractivity contribution in [3.63, 3.8) is 0 Å². The molecule has 0 amide bonds. The second-order valence-corrected chi connectivity index (χ2v) is 3.51. The number of hydrogen-bond donors (Lipinski definition) is 0. The standard InChI is InChI=1S/C12H15F2NO4/c1-4-19-10(16)5-7-8(17-2)6-9(18-3)11(15-7)12(13)14/h6,12H,4-5H2,1-3H3. The molecule has 0 saturated heterocycles. The zero-order valence-electron chi connectivity index (χ0n) is 10.9.